The van der Waals surface area contributed by atoms with Crippen molar-refractivity contribution in [3.05, 3.63) is 81.7 Å². The maximum absolute atomic E-state index is 12.6. The standard InChI is InChI=1S/C20H17N7O3/c1-12-5-3-4-6-14(12)9-16-22-18(29-25-16)11-27-20(28)26-8-7-15(10-17(26)23-27)19-21-13(2)24-30-19/h3-8,10H,9,11H2,1-2H3. The molecule has 5 aromatic rings. The fraction of sp³-hybridized carbons (Fsp3) is 0.200. The third kappa shape index (κ3) is 3.28. The molecule has 0 saturated carbocycles. The molecule has 0 bridgehead atoms. The SMILES string of the molecule is Cc1noc(-c2ccn3c(=O)n(Cc4nc(Cc5ccccc5C)no4)nc3c2)n1. The molecule has 0 N–H and O–H groups in total. The normalized spacial score (nSPS) is 11.4. The highest BCUT2D eigenvalue weighted by Gasteiger charge is 2.15. The second-order valence-corrected chi connectivity index (χ2v) is 6.94. The average Bonchev–Trinajstić information content (AvgIpc) is 3.44. The Hall–Kier alpha value is -4.08. The third-order valence-electron chi connectivity index (χ3n) is 4.76. The lowest BCUT2D eigenvalue weighted by molar-refractivity contribution is 0.360. The molecule has 150 valence electrons. The Morgan fingerprint density at radius 3 is 2.70 bits per heavy atom. The van der Waals surface area contributed by atoms with Crippen molar-refractivity contribution in [2.75, 3.05) is 0 Å². The lowest BCUT2D eigenvalue weighted by atomic mass is 10.1. The maximum atomic E-state index is 12.6. The zero-order valence-corrected chi connectivity index (χ0v) is 16.3. The summed E-state index contributed by atoms with van der Waals surface area (Å²) in [5.41, 5.74) is 3.11. The van der Waals surface area contributed by atoms with Crippen molar-refractivity contribution in [3.8, 4) is 11.5 Å². The zero-order valence-electron chi connectivity index (χ0n) is 16.3. The molecule has 0 aliphatic rings. The summed E-state index contributed by atoms with van der Waals surface area (Å²) in [4.78, 5) is 21.2. The first kappa shape index (κ1) is 18.0. The van der Waals surface area contributed by atoms with E-state index in [4.69, 9.17) is 9.05 Å². The van der Waals surface area contributed by atoms with Crippen molar-refractivity contribution in [2.24, 2.45) is 0 Å². The quantitative estimate of drug-likeness (QED) is 0.438. The number of benzene rings is 1. The van der Waals surface area contributed by atoms with Crippen LogP contribution in [0.3, 0.4) is 0 Å². The summed E-state index contributed by atoms with van der Waals surface area (Å²) in [6, 6.07) is 11.5. The second-order valence-electron chi connectivity index (χ2n) is 6.94. The van der Waals surface area contributed by atoms with Crippen molar-refractivity contribution in [1.29, 1.82) is 0 Å². The molecule has 30 heavy (non-hydrogen) atoms. The number of rotatable bonds is 5. The smallest absolute Gasteiger partial charge is 0.337 e. The van der Waals surface area contributed by atoms with Gasteiger partial charge in [0.05, 0.1) is 0 Å². The van der Waals surface area contributed by atoms with Gasteiger partial charge in [0.15, 0.2) is 17.3 Å². The number of hydrogen-bond donors (Lipinski definition) is 0. The van der Waals surface area contributed by atoms with Crippen molar-refractivity contribution in [2.45, 2.75) is 26.8 Å². The van der Waals surface area contributed by atoms with Gasteiger partial charge in [-0.3, -0.25) is 4.40 Å². The highest BCUT2D eigenvalue weighted by molar-refractivity contribution is 5.59. The topological polar surface area (TPSA) is 117 Å². The monoisotopic (exact) mass is 403 g/mol. The molecule has 5 rings (SSSR count). The molecule has 0 radical (unpaired) electrons. The Bertz CT molecular complexity index is 1410. The molecule has 10 nitrogen and oxygen atoms in total. The Kier molecular flexibility index (Phi) is 4.24. The molecule has 0 saturated heterocycles. The van der Waals surface area contributed by atoms with Gasteiger partial charge in [-0.2, -0.15) is 9.97 Å². The lowest BCUT2D eigenvalue weighted by Crippen LogP contribution is -2.21. The number of aryl methyl sites for hydroxylation is 2. The van der Waals surface area contributed by atoms with Gasteiger partial charge < -0.3 is 9.05 Å². The van der Waals surface area contributed by atoms with Gasteiger partial charge in [0.25, 0.3) is 5.89 Å². The summed E-state index contributed by atoms with van der Waals surface area (Å²) in [6.07, 6.45) is 2.18. The molecule has 0 spiro atoms. The third-order valence-corrected chi connectivity index (χ3v) is 4.76. The number of fused-ring (bicyclic) bond motifs is 1. The molecule has 4 aromatic heterocycles. The van der Waals surface area contributed by atoms with Crippen LogP contribution in [0.2, 0.25) is 0 Å². The maximum Gasteiger partial charge on any atom is 0.350 e. The molecule has 0 atom stereocenters. The van der Waals surface area contributed by atoms with Crippen LogP contribution in [0.15, 0.2) is 56.4 Å². The Balaban J connectivity index is 1.40. The fourth-order valence-corrected chi connectivity index (χ4v) is 3.20. The minimum Gasteiger partial charge on any atom is -0.337 e. The van der Waals surface area contributed by atoms with Crippen LogP contribution in [-0.4, -0.2) is 34.5 Å². The van der Waals surface area contributed by atoms with E-state index in [2.05, 4.69) is 25.4 Å². The van der Waals surface area contributed by atoms with Crippen LogP contribution in [0.1, 0.15) is 28.7 Å². The van der Waals surface area contributed by atoms with Gasteiger partial charge in [-0.25, -0.2) is 9.48 Å². The van der Waals surface area contributed by atoms with E-state index in [1.165, 1.54) is 9.08 Å². The predicted molar refractivity (Wildman–Crippen MR) is 105 cm³/mol. The molecule has 1 aromatic carbocycles. The predicted octanol–water partition coefficient (Wildman–Crippen LogP) is 2.18. The molecular formula is C20H17N7O3. The Morgan fingerprint density at radius 1 is 1.03 bits per heavy atom. The fourth-order valence-electron chi connectivity index (χ4n) is 3.20. The van der Waals surface area contributed by atoms with E-state index in [9.17, 15) is 4.79 Å². The first-order valence-corrected chi connectivity index (χ1v) is 9.33. The van der Waals surface area contributed by atoms with Crippen LogP contribution in [0.4, 0.5) is 0 Å². The number of pyridine rings is 1. The first-order valence-electron chi connectivity index (χ1n) is 9.33. The number of aromatic nitrogens is 7. The second kappa shape index (κ2) is 7.07. The molecule has 0 unspecified atom stereocenters. The van der Waals surface area contributed by atoms with E-state index in [1.807, 2.05) is 31.2 Å². The Labute approximate surface area is 169 Å². The molecular weight excluding hydrogens is 386 g/mol. The minimum absolute atomic E-state index is 0.0796. The van der Waals surface area contributed by atoms with E-state index in [1.54, 1.807) is 25.3 Å². The zero-order chi connectivity index (χ0) is 20.7. The largest absolute Gasteiger partial charge is 0.350 e. The van der Waals surface area contributed by atoms with Crippen LogP contribution in [0.25, 0.3) is 17.1 Å². The van der Waals surface area contributed by atoms with E-state index in [0.29, 0.717) is 41.1 Å². The summed E-state index contributed by atoms with van der Waals surface area (Å²) < 4.78 is 13.2. The molecule has 0 aliphatic carbocycles. The van der Waals surface area contributed by atoms with Crippen molar-refractivity contribution >= 4 is 5.65 Å². The summed E-state index contributed by atoms with van der Waals surface area (Å²) in [7, 11) is 0. The van der Waals surface area contributed by atoms with Gasteiger partial charge >= 0.3 is 5.69 Å². The number of hydrogen-bond acceptors (Lipinski definition) is 8. The summed E-state index contributed by atoms with van der Waals surface area (Å²) in [6.45, 7) is 3.86. The van der Waals surface area contributed by atoms with Crippen LogP contribution in [0.5, 0.6) is 0 Å². The van der Waals surface area contributed by atoms with E-state index >= 15 is 0 Å². The van der Waals surface area contributed by atoms with E-state index in [0.717, 1.165) is 11.1 Å². The first-order chi connectivity index (χ1) is 14.6. The van der Waals surface area contributed by atoms with Crippen LogP contribution in [-0.2, 0) is 13.0 Å². The van der Waals surface area contributed by atoms with Crippen LogP contribution in [0, 0.1) is 13.8 Å². The van der Waals surface area contributed by atoms with Crippen molar-refractivity contribution in [3.63, 3.8) is 0 Å². The average molecular weight is 403 g/mol. The van der Waals surface area contributed by atoms with Crippen LogP contribution >= 0.6 is 0 Å². The number of nitrogens with zero attached hydrogens (tertiary/aromatic N) is 7. The molecule has 4 heterocycles. The van der Waals surface area contributed by atoms with E-state index < -0.39 is 0 Å². The van der Waals surface area contributed by atoms with Gasteiger partial charge in [-0.1, -0.05) is 34.6 Å². The van der Waals surface area contributed by atoms with Crippen molar-refractivity contribution in [1.82, 2.24) is 34.5 Å². The molecule has 0 aliphatic heterocycles. The highest BCUT2D eigenvalue weighted by atomic mass is 16.5. The van der Waals surface area contributed by atoms with Gasteiger partial charge in [0.2, 0.25) is 5.89 Å². The van der Waals surface area contributed by atoms with Crippen molar-refractivity contribution < 1.29 is 9.05 Å². The van der Waals surface area contributed by atoms with E-state index in [-0.39, 0.29) is 12.2 Å². The van der Waals surface area contributed by atoms with Crippen LogP contribution < -0.4 is 5.69 Å². The molecule has 0 amide bonds. The Morgan fingerprint density at radius 2 is 1.90 bits per heavy atom. The van der Waals surface area contributed by atoms with Gasteiger partial charge in [0, 0.05) is 18.2 Å². The summed E-state index contributed by atoms with van der Waals surface area (Å²) in [5.74, 6) is 1.78. The minimum atomic E-state index is -0.308. The molecule has 0 fully saturated rings. The molecule has 10 heteroatoms. The summed E-state index contributed by atoms with van der Waals surface area (Å²) >= 11 is 0. The van der Waals surface area contributed by atoms with Gasteiger partial charge in [-0.15, -0.1) is 5.10 Å². The summed E-state index contributed by atoms with van der Waals surface area (Å²) in [5, 5.41) is 12.2. The lowest BCUT2D eigenvalue weighted by Gasteiger charge is -2.00. The highest BCUT2D eigenvalue weighted by Crippen LogP contribution is 2.18. The van der Waals surface area contributed by atoms with Gasteiger partial charge in [-0.05, 0) is 37.1 Å². The van der Waals surface area contributed by atoms with Gasteiger partial charge in [0.1, 0.15) is 6.54 Å².